The van der Waals surface area contributed by atoms with Crippen LogP contribution in [0.25, 0.3) is 0 Å². The molecule has 1 aliphatic rings. The predicted molar refractivity (Wildman–Crippen MR) is 131 cm³/mol. The van der Waals surface area contributed by atoms with Crippen molar-refractivity contribution in [3.63, 3.8) is 0 Å². The molecule has 1 fully saturated rings. The maximum absolute atomic E-state index is 13.0. The van der Waals surface area contributed by atoms with Crippen molar-refractivity contribution in [3.05, 3.63) is 90.0 Å². The van der Waals surface area contributed by atoms with Crippen molar-refractivity contribution in [2.45, 2.75) is 12.8 Å². The molecule has 0 radical (unpaired) electrons. The minimum atomic E-state index is -0.510. The molecule has 1 unspecified atom stereocenters. The van der Waals surface area contributed by atoms with Crippen LogP contribution in [0.2, 0.25) is 0 Å². The van der Waals surface area contributed by atoms with Crippen molar-refractivity contribution in [3.8, 4) is 5.75 Å². The molecule has 0 bridgehead atoms. The van der Waals surface area contributed by atoms with Gasteiger partial charge in [-0.15, -0.1) is 0 Å². The van der Waals surface area contributed by atoms with Crippen molar-refractivity contribution in [2.75, 3.05) is 30.4 Å². The number of hydrogen-bond acceptors (Lipinski definition) is 4. The van der Waals surface area contributed by atoms with E-state index in [2.05, 4.69) is 10.6 Å². The Morgan fingerprint density at radius 3 is 2.41 bits per heavy atom. The zero-order valence-electron chi connectivity index (χ0n) is 19.0. The van der Waals surface area contributed by atoms with Crippen LogP contribution in [-0.2, 0) is 16.0 Å². The van der Waals surface area contributed by atoms with E-state index in [9.17, 15) is 14.4 Å². The average Bonchev–Trinajstić information content (AvgIpc) is 3.26. The van der Waals surface area contributed by atoms with Crippen LogP contribution in [0, 0.1) is 5.92 Å². The number of hydrogen-bond donors (Lipinski definition) is 2. The highest BCUT2D eigenvalue weighted by Gasteiger charge is 2.35. The number of benzene rings is 3. The van der Waals surface area contributed by atoms with E-state index in [4.69, 9.17) is 4.74 Å². The summed E-state index contributed by atoms with van der Waals surface area (Å²) in [5, 5.41) is 5.77. The molecule has 3 amide bonds. The van der Waals surface area contributed by atoms with E-state index in [0.29, 0.717) is 30.0 Å². The Morgan fingerprint density at radius 2 is 1.68 bits per heavy atom. The van der Waals surface area contributed by atoms with Gasteiger partial charge in [0.25, 0.3) is 5.91 Å². The van der Waals surface area contributed by atoms with Crippen LogP contribution < -0.4 is 20.3 Å². The molecule has 1 aliphatic heterocycles. The third kappa shape index (κ3) is 5.43. The second-order valence-electron chi connectivity index (χ2n) is 8.13. The van der Waals surface area contributed by atoms with Crippen molar-refractivity contribution in [2.24, 2.45) is 5.92 Å². The van der Waals surface area contributed by atoms with Crippen molar-refractivity contribution >= 4 is 29.1 Å². The SMILES string of the molecule is COc1ccc(N2CC(C(=O)Nc3ccccc3C(=O)NCCc3ccccc3)CC2=O)cc1. The number of rotatable bonds is 8. The van der Waals surface area contributed by atoms with Crippen molar-refractivity contribution < 1.29 is 19.1 Å². The Morgan fingerprint density at radius 1 is 0.971 bits per heavy atom. The Bertz CT molecular complexity index is 1160. The molecule has 0 aliphatic carbocycles. The fourth-order valence-electron chi connectivity index (χ4n) is 3.98. The van der Waals surface area contributed by atoms with Crippen LogP contribution in [0.3, 0.4) is 0 Å². The molecule has 0 spiro atoms. The van der Waals surface area contributed by atoms with Gasteiger partial charge >= 0.3 is 0 Å². The van der Waals surface area contributed by atoms with E-state index in [1.165, 1.54) is 0 Å². The smallest absolute Gasteiger partial charge is 0.253 e. The fourth-order valence-corrected chi connectivity index (χ4v) is 3.98. The number of para-hydroxylation sites is 1. The number of ether oxygens (including phenoxy) is 1. The van der Waals surface area contributed by atoms with Crippen LogP contribution in [0.1, 0.15) is 22.3 Å². The van der Waals surface area contributed by atoms with Crippen LogP contribution in [0.4, 0.5) is 11.4 Å². The number of amides is 3. The molecule has 7 nitrogen and oxygen atoms in total. The molecule has 1 atom stereocenters. The highest BCUT2D eigenvalue weighted by atomic mass is 16.5. The number of nitrogens with one attached hydrogen (secondary N) is 2. The maximum Gasteiger partial charge on any atom is 0.253 e. The zero-order valence-corrected chi connectivity index (χ0v) is 19.0. The first-order valence-corrected chi connectivity index (χ1v) is 11.2. The number of carbonyl (C=O) groups excluding carboxylic acids is 3. The van der Waals surface area contributed by atoms with E-state index in [1.807, 2.05) is 30.3 Å². The molecule has 34 heavy (non-hydrogen) atoms. The number of methoxy groups -OCH3 is 1. The van der Waals surface area contributed by atoms with Crippen LogP contribution in [0.5, 0.6) is 5.75 Å². The molecule has 4 rings (SSSR count). The fraction of sp³-hybridized carbons (Fsp3) is 0.222. The Hall–Kier alpha value is -4.13. The standard InChI is InChI=1S/C27H27N3O4/c1-34-22-13-11-21(12-14-22)30-18-20(17-25(30)31)26(32)29-24-10-6-5-9-23(24)27(33)28-16-15-19-7-3-2-4-8-19/h2-14,20H,15-18H2,1H3,(H,28,33)(H,29,32). The monoisotopic (exact) mass is 457 g/mol. The first-order valence-electron chi connectivity index (χ1n) is 11.2. The summed E-state index contributed by atoms with van der Waals surface area (Å²) in [7, 11) is 1.58. The summed E-state index contributed by atoms with van der Waals surface area (Å²) >= 11 is 0. The van der Waals surface area contributed by atoms with E-state index in [-0.39, 0.29) is 30.7 Å². The molecule has 1 heterocycles. The van der Waals surface area contributed by atoms with Gasteiger partial charge < -0.3 is 20.3 Å². The van der Waals surface area contributed by atoms with E-state index in [0.717, 1.165) is 11.3 Å². The largest absolute Gasteiger partial charge is 0.497 e. The molecule has 3 aromatic carbocycles. The predicted octanol–water partition coefficient (Wildman–Crippen LogP) is 3.66. The third-order valence-corrected chi connectivity index (χ3v) is 5.85. The van der Waals surface area contributed by atoms with Gasteiger partial charge in [0.2, 0.25) is 11.8 Å². The molecule has 174 valence electrons. The van der Waals surface area contributed by atoms with E-state index in [1.54, 1.807) is 60.5 Å². The highest BCUT2D eigenvalue weighted by molar-refractivity contribution is 6.07. The highest BCUT2D eigenvalue weighted by Crippen LogP contribution is 2.28. The molecular formula is C27H27N3O4. The summed E-state index contributed by atoms with van der Waals surface area (Å²) in [5.41, 5.74) is 2.68. The van der Waals surface area contributed by atoms with Gasteiger partial charge in [0.1, 0.15) is 5.75 Å². The summed E-state index contributed by atoms with van der Waals surface area (Å²) in [4.78, 5) is 39.9. The lowest BCUT2D eigenvalue weighted by molar-refractivity contribution is -0.122. The molecule has 2 N–H and O–H groups in total. The van der Waals surface area contributed by atoms with Gasteiger partial charge in [-0.2, -0.15) is 0 Å². The van der Waals surface area contributed by atoms with Gasteiger partial charge in [0.05, 0.1) is 24.3 Å². The Balaban J connectivity index is 1.37. The minimum absolute atomic E-state index is 0.114. The Kier molecular flexibility index (Phi) is 7.22. The second kappa shape index (κ2) is 10.7. The first-order chi connectivity index (χ1) is 16.5. The van der Waals surface area contributed by atoms with Crippen molar-refractivity contribution in [1.29, 1.82) is 0 Å². The first kappa shape index (κ1) is 23.0. The second-order valence-corrected chi connectivity index (χ2v) is 8.13. The average molecular weight is 458 g/mol. The zero-order chi connectivity index (χ0) is 23.9. The molecular weight excluding hydrogens is 430 g/mol. The summed E-state index contributed by atoms with van der Waals surface area (Å²) in [5.74, 6) is -0.465. The summed E-state index contributed by atoms with van der Waals surface area (Å²) in [6, 6.07) is 24.0. The summed E-state index contributed by atoms with van der Waals surface area (Å²) in [6.07, 6.45) is 0.829. The van der Waals surface area contributed by atoms with Gasteiger partial charge in [0, 0.05) is 25.2 Å². The number of carbonyl (C=O) groups is 3. The van der Waals surface area contributed by atoms with Crippen LogP contribution in [-0.4, -0.2) is 37.9 Å². The van der Waals surface area contributed by atoms with Gasteiger partial charge in [0.15, 0.2) is 0 Å². The maximum atomic E-state index is 13.0. The molecule has 0 aromatic heterocycles. The van der Waals surface area contributed by atoms with Gasteiger partial charge in [-0.3, -0.25) is 14.4 Å². The van der Waals surface area contributed by atoms with Gasteiger partial charge in [-0.25, -0.2) is 0 Å². The molecule has 1 saturated heterocycles. The lowest BCUT2D eigenvalue weighted by atomic mass is 10.1. The quantitative estimate of drug-likeness (QED) is 0.540. The normalized spacial score (nSPS) is 15.1. The Labute approximate surface area is 198 Å². The lowest BCUT2D eigenvalue weighted by Gasteiger charge is -2.17. The van der Waals surface area contributed by atoms with Crippen LogP contribution in [0.15, 0.2) is 78.9 Å². The van der Waals surface area contributed by atoms with E-state index >= 15 is 0 Å². The van der Waals surface area contributed by atoms with E-state index < -0.39 is 5.92 Å². The summed E-state index contributed by atoms with van der Waals surface area (Å²) < 4.78 is 5.16. The topological polar surface area (TPSA) is 87.7 Å². The minimum Gasteiger partial charge on any atom is -0.497 e. The molecule has 7 heteroatoms. The van der Waals surface area contributed by atoms with Crippen LogP contribution >= 0.6 is 0 Å². The molecule has 0 saturated carbocycles. The summed E-state index contributed by atoms with van der Waals surface area (Å²) in [6.45, 7) is 0.765. The molecule has 3 aromatic rings. The lowest BCUT2D eigenvalue weighted by Crippen LogP contribution is -2.30. The number of anilines is 2. The third-order valence-electron chi connectivity index (χ3n) is 5.85. The van der Waals surface area contributed by atoms with Gasteiger partial charge in [-0.05, 0) is 48.4 Å². The number of nitrogens with zero attached hydrogens (tertiary/aromatic N) is 1. The van der Waals surface area contributed by atoms with Crippen molar-refractivity contribution in [1.82, 2.24) is 5.32 Å². The van der Waals surface area contributed by atoms with Gasteiger partial charge in [-0.1, -0.05) is 42.5 Å².